The summed E-state index contributed by atoms with van der Waals surface area (Å²) in [5.41, 5.74) is 5.42. The number of hydrogen-bond acceptors (Lipinski definition) is 5. The normalized spacial score (nSPS) is 22.1. The van der Waals surface area contributed by atoms with Crippen LogP contribution in [-0.4, -0.2) is 60.8 Å². The first-order valence-electron chi connectivity index (χ1n) is 9.92. The Balaban J connectivity index is 1.65. The highest BCUT2D eigenvalue weighted by Gasteiger charge is 2.18. The number of hydrogen-bond donors (Lipinski definition) is 1. The molecule has 0 atom stereocenters. The molecule has 148 valence electrons. The topological polar surface area (TPSA) is 34.1 Å². The minimum Gasteiger partial charge on any atom is -0.388 e. The summed E-state index contributed by atoms with van der Waals surface area (Å²) in [7, 11) is 1.88. The van der Waals surface area contributed by atoms with E-state index in [9.17, 15) is 0 Å². The molecule has 0 radical (unpaired) electrons. The van der Waals surface area contributed by atoms with Crippen LogP contribution in [0.1, 0.15) is 18.1 Å². The number of likely N-dealkylation sites (N-methyl/N-ethyl adjacent to an activating group) is 1. The van der Waals surface area contributed by atoms with Crippen LogP contribution in [-0.2, 0) is 6.54 Å². The standard InChI is InChI=1S/C23H31N5/c1-5-26-14-16-27(17-15-26)23-10-12-25-28(13-11-19(23)2)18-21-6-8-22(9-7-21)20(3)24-4/h6-13,24H,2-3,5,14-18H2,1,4H3/b13-11-,23-10+,25-12-. The van der Waals surface area contributed by atoms with E-state index >= 15 is 0 Å². The first-order chi connectivity index (χ1) is 13.6. The number of hydrazone groups is 1. The van der Waals surface area contributed by atoms with Gasteiger partial charge in [0.1, 0.15) is 0 Å². The number of nitrogens with zero attached hydrogens (tertiary/aromatic N) is 4. The summed E-state index contributed by atoms with van der Waals surface area (Å²) < 4.78 is 0. The van der Waals surface area contributed by atoms with Gasteiger partial charge in [0, 0.05) is 57.0 Å². The minimum absolute atomic E-state index is 0.713. The summed E-state index contributed by atoms with van der Waals surface area (Å²) in [5.74, 6) is 0. The highest BCUT2D eigenvalue weighted by molar-refractivity contribution is 5.74. The fourth-order valence-electron chi connectivity index (χ4n) is 3.45. The van der Waals surface area contributed by atoms with Crippen molar-refractivity contribution < 1.29 is 0 Å². The van der Waals surface area contributed by atoms with Crippen molar-refractivity contribution in [2.24, 2.45) is 5.10 Å². The van der Waals surface area contributed by atoms with Crippen LogP contribution in [0.4, 0.5) is 0 Å². The van der Waals surface area contributed by atoms with Crippen LogP contribution in [0.2, 0.25) is 0 Å². The van der Waals surface area contributed by atoms with Crippen LogP contribution >= 0.6 is 0 Å². The van der Waals surface area contributed by atoms with Gasteiger partial charge < -0.3 is 15.1 Å². The zero-order valence-electron chi connectivity index (χ0n) is 17.1. The number of piperazine rings is 1. The van der Waals surface area contributed by atoms with Gasteiger partial charge in [0.25, 0.3) is 0 Å². The molecule has 28 heavy (non-hydrogen) atoms. The van der Waals surface area contributed by atoms with E-state index in [-0.39, 0.29) is 0 Å². The van der Waals surface area contributed by atoms with Crippen molar-refractivity contribution >= 4 is 11.9 Å². The number of nitrogens with one attached hydrogen (secondary N) is 1. The van der Waals surface area contributed by atoms with Gasteiger partial charge in [-0.2, -0.15) is 5.10 Å². The van der Waals surface area contributed by atoms with Gasteiger partial charge in [-0.1, -0.05) is 44.3 Å². The molecule has 2 aliphatic heterocycles. The van der Waals surface area contributed by atoms with Crippen LogP contribution in [0.5, 0.6) is 0 Å². The zero-order valence-corrected chi connectivity index (χ0v) is 17.1. The molecule has 1 N–H and O–H groups in total. The van der Waals surface area contributed by atoms with Gasteiger partial charge in [-0.05, 0) is 35.4 Å². The molecule has 2 aliphatic rings. The predicted molar refractivity (Wildman–Crippen MR) is 119 cm³/mol. The molecular weight excluding hydrogens is 346 g/mol. The molecule has 0 unspecified atom stereocenters. The lowest BCUT2D eigenvalue weighted by Gasteiger charge is -2.37. The van der Waals surface area contributed by atoms with Crippen LogP contribution in [0.3, 0.4) is 0 Å². The summed E-state index contributed by atoms with van der Waals surface area (Å²) in [6.45, 7) is 16.6. The van der Waals surface area contributed by atoms with E-state index in [2.05, 4.69) is 76.7 Å². The molecule has 0 aliphatic carbocycles. The second-order valence-corrected chi connectivity index (χ2v) is 7.10. The third kappa shape index (κ3) is 4.93. The summed E-state index contributed by atoms with van der Waals surface area (Å²) in [4.78, 5) is 4.89. The van der Waals surface area contributed by atoms with E-state index in [0.29, 0.717) is 6.54 Å². The van der Waals surface area contributed by atoms with E-state index < -0.39 is 0 Å². The van der Waals surface area contributed by atoms with Gasteiger partial charge in [-0.3, -0.25) is 5.01 Å². The molecule has 2 heterocycles. The summed E-state index contributed by atoms with van der Waals surface area (Å²) in [5, 5.41) is 9.62. The second-order valence-electron chi connectivity index (χ2n) is 7.10. The molecule has 0 saturated carbocycles. The molecule has 3 rings (SSSR count). The number of allylic oxidation sites excluding steroid dienone is 2. The molecule has 1 saturated heterocycles. The molecule has 5 nitrogen and oxygen atoms in total. The molecule has 0 aromatic heterocycles. The van der Waals surface area contributed by atoms with Crippen molar-refractivity contribution in [3.63, 3.8) is 0 Å². The molecule has 5 heteroatoms. The average Bonchev–Trinajstić information content (AvgIpc) is 2.73. The number of rotatable bonds is 6. The molecule has 0 bridgehead atoms. The molecular formula is C23H31N5. The van der Waals surface area contributed by atoms with Crippen LogP contribution in [0.25, 0.3) is 5.70 Å². The van der Waals surface area contributed by atoms with Crippen molar-refractivity contribution in [3.8, 4) is 0 Å². The van der Waals surface area contributed by atoms with E-state index in [4.69, 9.17) is 0 Å². The lowest BCUT2D eigenvalue weighted by molar-refractivity contribution is 0.167. The molecule has 0 amide bonds. The Labute approximate surface area is 169 Å². The van der Waals surface area contributed by atoms with E-state index in [1.54, 1.807) is 0 Å². The first-order valence-corrected chi connectivity index (χ1v) is 9.92. The Kier molecular flexibility index (Phi) is 6.71. The van der Waals surface area contributed by atoms with Gasteiger partial charge in [-0.15, -0.1) is 0 Å². The number of benzene rings is 1. The van der Waals surface area contributed by atoms with Gasteiger partial charge in [0.15, 0.2) is 0 Å². The van der Waals surface area contributed by atoms with Crippen LogP contribution in [0, 0.1) is 0 Å². The predicted octanol–water partition coefficient (Wildman–Crippen LogP) is 3.27. The largest absolute Gasteiger partial charge is 0.388 e. The van der Waals surface area contributed by atoms with Crippen molar-refractivity contribution in [2.45, 2.75) is 13.5 Å². The Bertz CT molecular complexity index is 780. The molecule has 0 spiro atoms. The van der Waals surface area contributed by atoms with Crippen molar-refractivity contribution in [1.29, 1.82) is 0 Å². The second kappa shape index (κ2) is 9.42. The van der Waals surface area contributed by atoms with Gasteiger partial charge >= 0.3 is 0 Å². The summed E-state index contributed by atoms with van der Waals surface area (Å²) in [6.07, 6.45) is 8.04. The van der Waals surface area contributed by atoms with E-state index in [1.165, 1.54) is 11.3 Å². The van der Waals surface area contributed by atoms with Gasteiger partial charge in [0.05, 0.1) is 6.54 Å². The lowest BCUT2D eigenvalue weighted by Crippen LogP contribution is -2.45. The maximum Gasteiger partial charge on any atom is 0.0659 e. The highest BCUT2D eigenvalue weighted by atomic mass is 15.4. The maximum atomic E-state index is 4.60. The Morgan fingerprint density at radius 1 is 1.14 bits per heavy atom. The highest BCUT2D eigenvalue weighted by Crippen LogP contribution is 2.20. The van der Waals surface area contributed by atoms with Gasteiger partial charge in [0.2, 0.25) is 0 Å². The van der Waals surface area contributed by atoms with Crippen LogP contribution < -0.4 is 5.32 Å². The van der Waals surface area contributed by atoms with E-state index in [0.717, 1.165) is 49.6 Å². The Morgan fingerprint density at radius 3 is 2.50 bits per heavy atom. The minimum atomic E-state index is 0.713. The molecule has 1 fully saturated rings. The SMILES string of the molecule is C=C1/C=C\N(Cc2ccc(C(=C)NC)cc2)/N=C\C=C/1N1CCN(CC)CC1. The zero-order chi connectivity index (χ0) is 19.9. The fourth-order valence-corrected chi connectivity index (χ4v) is 3.45. The van der Waals surface area contributed by atoms with Gasteiger partial charge in [-0.25, -0.2) is 0 Å². The first kappa shape index (κ1) is 20.0. The van der Waals surface area contributed by atoms with Crippen molar-refractivity contribution in [2.75, 3.05) is 39.8 Å². The third-order valence-corrected chi connectivity index (χ3v) is 5.33. The monoisotopic (exact) mass is 377 g/mol. The average molecular weight is 378 g/mol. The Morgan fingerprint density at radius 2 is 1.86 bits per heavy atom. The molecule has 1 aromatic rings. The summed E-state index contributed by atoms with van der Waals surface area (Å²) in [6, 6.07) is 8.39. The Hall–Kier alpha value is -2.79. The third-order valence-electron chi connectivity index (χ3n) is 5.33. The molecule has 1 aromatic carbocycles. The lowest BCUT2D eigenvalue weighted by atomic mass is 10.1. The van der Waals surface area contributed by atoms with Crippen molar-refractivity contribution in [1.82, 2.24) is 20.1 Å². The maximum absolute atomic E-state index is 4.60. The van der Waals surface area contributed by atoms with Crippen LogP contribution in [0.15, 0.2) is 72.1 Å². The van der Waals surface area contributed by atoms with E-state index in [1.807, 2.05) is 24.5 Å². The fraction of sp³-hybridized carbons (Fsp3) is 0.348. The summed E-state index contributed by atoms with van der Waals surface area (Å²) >= 11 is 0. The van der Waals surface area contributed by atoms with Crippen molar-refractivity contribution in [3.05, 3.63) is 78.2 Å². The smallest absolute Gasteiger partial charge is 0.0659 e. The quantitative estimate of drug-likeness (QED) is 0.825.